The van der Waals surface area contributed by atoms with E-state index in [0.717, 1.165) is 11.8 Å². The SMILES string of the molecule is CS(=O)(=O)NCCNCc1c(Cl)cccc1Cl. The number of hydrogen-bond donors (Lipinski definition) is 2. The van der Waals surface area contributed by atoms with Gasteiger partial charge in [-0.1, -0.05) is 29.3 Å². The van der Waals surface area contributed by atoms with Crippen molar-refractivity contribution in [2.75, 3.05) is 19.3 Å². The van der Waals surface area contributed by atoms with E-state index in [1.807, 2.05) is 0 Å². The normalized spacial score (nSPS) is 11.7. The van der Waals surface area contributed by atoms with Gasteiger partial charge in [0.25, 0.3) is 0 Å². The molecule has 0 amide bonds. The lowest BCUT2D eigenvalue weighted by atomic mass is 10.2. The zero-order chi connectivity index (χ0) is 12.9. The van der Waals surface area contributed by atoms with E-state index >= 15 is 0 Å². The van der Waals surface area contributed by atoms with E-state index in [2.05, 4.69) is 10.0 Å². The first-order valence-electron chi connectivity index (χ1n) is 4.98. The molecule has 0 saturated heterocycles. The Labute approximate surface area is 111 Å². The van der Waals surface area contributed by atoms with E-state index in [-0.39, 0.29) is 0 Å². The van der Waals surface area contributed by atoms with Crippen molar-refractivity contribution < 1.29 is 8.42 Å². The molecular formula is C10H14Cl2N2O2S. The Balaban J connectivity index is 2.37. The van der Waals surface area contributed by atoms with Crippen LogP contribution in [0.25, 0.3) is 0 Å². The summed E-state index contributed by atoms with van der Waals surface area (Å²) in [4.78, 5) is 0. The lowest BCUT2D eigenvalue weighted by Gasteiger charge is -2.08. The number of sulfonamides is 1. The van der Waals surface area contributed by atoms with Crippen LogP contribution in [-0.2, 0) is 16.6 Å². The molecule has 1 aromatic rings. The van der Waals surface area contributed by atoms with Crippen molar-refractivity contribution in [2.24, 2.45) is 0 Å². The average molecular weight is 297 g/mol. The number of rotatable bonds is 6. The largest absolute Gasteiger partial charge is 0.311 e. The molecule has 1 rings (SSSR count). The van der Waals surface area contributed by atoms with Gasteiger partial charge in [0.05, 0.1) is 6.26 Å². The minimum absolute atomic E-state index is 0.334. The maximum absolute atomic E-state index is 10.8. The molecule has 0 aliphatic heterocycles. The molecule has 0 radical (unpaired) electrons. The maximum Gasteiger partial charge on any atom is 0.208 e. The minimum atomic E-state index is -3.13. The van der Waals surface area contributed by atoms with Crippen LogP contribution in [0.1, 0.15) is 5.56 Å². The van der Waals surface area contributed by atoms with Gasteiger partial charge in [0.1, 0.15) is 0 Å². The summed E-state index contributed by atoms with van der Waals surface area (Å²) < 4.78 is 24.0. The van der Waals surface area contributed by atoms with E-state index in [1.165, 1.54) is 0 Å². The van der Waals surface area contributed by atoms with Gasteiger partial charge in [-0.2, -0.15) is 0 Å². The molecule has 17 heavy (non-hydrogen) atoms. The fourth-order valence-corrected chi connectivity index (χ4v) is 2.24. The van der Waals surface area contributed by atoms with Crippen LogP contribution < -0.4 is 10.0 Å². The van der Waals surface area contributed by atoms with Crippen molar-refractivity contribution >= 4 is 33.2 Å². The molecule has 0 spiro atoms. The predicted molar refractivity (Wildman–Crippen MR) is 71.0 cm³/mol. The van der Waals surface area contributed by atoms with E-state index in [1.54, 1.807) is 18.2 Å². The highest BCUT2D eigenvalue weighted by Crippen LogP contribution is 2.23. The molecule has 4 nitrogen and oxygen atoms in total. The second-order valence-corrected chi connectivity index (χ2v) is 6.19. The summed E-state index contributed by atoms with van der Waals surface area (Å²) in [6.45, 7) is 1.35. The lowest BCUT2D eigenvalue weighted by Crippen LogP contribution is -2.30. The number of hydrogen-bond acceptors (Lipinski definition) is 3. The van der Waals surface area contributed by atoms with Crippen LogP contribution in [0, 0.1) is 0 Å². The van der Waals surface area contributed by atoms with Gasteiger partial charge >= 0.3 is 0 Å². The summed E-state index contributed by atoms with van der Waals surface area (Å²) in [6.07, 6.45) is 1.12. The summed E-state index contributed by atoms with van der Waals surface area (Å²) in [7, 11) is -3.13. The van der Waals surface area contributed by atoms with Crippen LogP contribution in [0.2, 0.25) is 10.0 Å². The van der Waals surface area contributed by atoms with Crippen molar-refractivity contribution in [2.45, 2.75) is 6.54 Å². The topological polar surface area (TPSA) is 58.2 Å². The highest BCUT2D eigenvalue weighted by atomic mass is 35.5. The highest BCUT2D eigenvalue weighted by molar-refractivity contribution is 7.88. The molecule has 96 valence electrons. The Morgan fingerprint density at radius 1 is 1.18 bits per heavy atom. The first kappa shape index (κ1) is 14.7. The molecule has 0 aliphatic rings. The van der Waals surface area contributed by atoms with Gasteiger partial charge in [-0.25, -0.2) is 13.1 Å². The molecule has 0 fully saturated rings. The smallest absolute Gasteiger partial charge is 0.208 e. The fourth-order valence-electron chi connectivity index (χ4n) is 1.24. The van der Waals surface area contributed by atoms with Gasteiger partial charge in [0.2, 0.25) is 10.0 Å². The van der Waals surface area contributed by atoms with Crippen LogP contribution in [0.5, 0.6) is 0 Å². The van der Waals surface area contributed by atoms with E-state index in [0.29, 0.717) is 29.7 Å². The molecule has 0 heterocycles. The van der Waals surface area contributed by atoms with Crippen molar-refractivity contribution in [3.63, 3.8) is 0 Å². The summed E-state index contributed by atoms with van der Waals surface area (Å²) in [6, 6.07) is 5.30. The van der Waals surface area contributed by atoms with E-state index < -0.39 is 10.0 Å². The molecule has 0 saturated carbocycles. The molecule has 7 heteroatoms. The molecular weight excluding hydrogens is 283 g/mol. The van der Waals surface area contributed by atoms with Crippen molar-refractivity contribution in [1.29, 1.82) is 0 Å². The van der Waals surface area contributed by atoms with Crippen molar-refractivity contribution in [3.8, 4) is 0 Å². The zero-order valence-electron chi connectivity index (χ0n) is 9.33. The molecule has 0 bridgehead atoms. The fraction of sp³-hybridized carbons (Fsp3) is 0.400. The lowest BCUT2D eigenvalue weighted by molar-refractivity contribution is 0.582. The van der Waals surface area contributed by atoms with Crippen LogP contribution in [0.3, 0.4) is 0 Å². The number of benzene rings is 1. The summed E-state index contributed by atoms with van der Waals surface area (Å²) in [5.74, 6) is 0. The standard InChI is InChI=1S/C10H14Cl2N2O2S/c1-17(15,16)14-6-5-13-7-8-9(11)3-2-4-10(8)12/h2-4,13-14H,5-7H2,1H3. The summed E-state index contributed by atoms with van der Waals surface area (Å²) in [5, 5.41) is 4.26. The monoisotopic (exact) mass is 296 g/mol. The van der Waals surface area contributed by atoms with Crippen LogP contribution in [-0.4, -0.2) is 27.8 Å². The Morgan fingerprint density at radius 3 is 2.29 bits per heavy atom. The summed E-state index contributed by atoms with van der Waals surface area (Å²) >= 11 is 12.0. The quantitative estimate of drug-likeness (QED) is 0.785. The third-order valence-corrected chi connectivity index (χ3v) is 3.47. The zero-order valence-corrected chi connectivity index (χ0v) is 11.7. The van der Waals surface area contributed by atoms with Crippen LogP contribution >= 0.6 is 23.2 Å². The molecule has 2 N–H and O–H groups in total. The van der Waals surface area contributed by atoms with Gasteiger partial charge in [0, 0.05) is 35.2 Å². The maximum atomic E-state index is 10.8. The molecule has 0 atom stereocenters. The Bertz CT molecular complexity index is 457. The second-order valence-electron chi connectivity index (χ2n) is 3.54. The van der Waals surface area contributed by atoms with Gasteiger partial charge < -0.3 is 5.32 Å². The van der Waals surface area contributed by atoms with Crippen LogP contribution in [0.15, 0.2) is 18.2 Å². The Hall–Kier alpha value is -0.330. The van der Waals surface area contributed by atoms with Crippen molar-refractivity contribution in [3.05, 3.63) is 33.8 Å². The third kappa shape index (κ3) is 5.70. The van der Waals surface area contributed by atoms with E-state index in [9.17, 15) is 8.42 Å². The molecule has 1 aromatic carbocycles. The first-order valence-corrected chi connectivity index (χ1v) is 7.63. The minimum Gasteiger partial charge on any atom is -0.311 e. The third-order valence-electron chi connectivity index (χ3n) is 2.03. The molecule has 0 unspecified atom stereocenters. The average Bonchev–Trinajstić information content (AvgIpc) is 2.20. The van der Waals surface area contributed by atoms with Crippen molar-refractivity contribution in [1.82, 2.24) is 10.0 Å². The summed E-state index contributed by atoms with van der Waals surface area (Å²) in [5.41, 5.74) is 0.815. The number of nitrogens with one attached hydrogen (secondary N) is 2. The predicted octanol–water partition coefficient (Wildman–Crippen LogP) is 1.63. The Morgan fingerprint density at radius 2 is 1.76 bits per heavy atom. The molecule has 0 aliphatic carbocycles. The number of halogens is 2. The van der Waals surface area contributed by atoms with Gasteiger partial charge in [-0.3, -0.25) is 0 Å². The van der Waals surface area contributed by atoms with Gasteiger partial charge in [-0.15, -0.1) is 0 Å². The van der Waals surface area contributed by atoms with Gasteiger partial charge in [0.15, 0.2) is 0 Å². The first-order chi connectivity index (χ1) is 7.90. The highest BCUT2D eigenvalue weighted by Gasteiger charge is 2.04. The van der Waals surface area contributed by atoms with Crippen LogP contribution in [0.4, 0.5) is 0 Å². The van der Waals surface area contributed by atoms with Gasteiger partial charge in [-0.05, 0) is 12.1 Å². The van der Waals surface area contributed by atoms with E-state index in [4.69, 9.17) is 23.2 Å². The molecule has 0 aromatic heterocycles. The Kier molecular flexibility index (Phi) is 5.69. The second kappa shape index (κ2) is 6.56.